The number of hydrogen-bond acceptors (Lipinski definition) is 5. The highest BCUT2D eigenvalue weighted by atomic mass is 19.1. The van der Waals surface area contributed by atoms with Crippen molar-refractivity contribution in [2.24, 2.45) is 0 Å². The molecular formula is C17H22FN5O2. The molecule has 3 rings (SSSR count). The molecule has 1 fully saturated rings. The highest BCUT2D eigenvalue weighted by Gasteiger charge is 2.30. The Balaban J connectivity index is 1.60. The van der Waals surface area contributed by atoms with Crippen LogP contribution in [0.25, 0.3) is 0 Å². The molecule has 7 nitrogen and oxygen atoms in total. The number of nitrogens with one attached hydrogen (secondary N) is 1. The lowest BCUT2D eigenvalue weighted by Gasteiger charge is -2.17. The molecular weight excluding hydrogens is 325 g/mol. The predicted octanol–water partition coefficient (Wildman–Crippen LogP) is 0.778. The first kappa shape index (κ1) is 17.5. The molecule has 1 aromatic carbocycles. The van der Waals surface area contributed by atoms with Crippen molar-refractivity contribution in [1.82, 2.24) is 25.2 Å². The molecule has 0 aliphatic carbocycles. The van der Waals surface area contributed by atoms with Gasteiger partial charge in [0.2, 0.25) is 5.91 Å². The quantitative estimate of drug-likeness (QED) is 0.836. The van der Waals surface area contributed by atoms with Gasteiger partial charge in [0.25, 0.3) is 0 Å². The SMILES string of the molecule is CO[C@@H]1CNC[C@H]1c1cn(CC(=O)N(C)Cc2ccccc2F)nn1. The Morgan fingerprint density at radius 1 is 1.44 bits per heavy atom. The number of nitrogens with zero attached hydrogens (tertiary/aromatic N) is 4. The first-order valence-corrected chi connectivity index (χ1v) is 8.19. The van der Waals surface area contributed by atoms with Crippen molar-refractivity contribution >= 4 is 5.91 Å². The number of ether oxygens (including phenoxy) is 1. The Morgan fingerprint density at radius 3 is 3.00 bits per heavy atom. The molecule has 1 saturated heterocycles. The van der Waals surface area contributed by atoms with Crippen LogP contribution >= 0.6 is 0 Å². The van der Waals surface area contributed by atoms with Gasteiger partial charge in [0.15, 0.2) is 0 Å². The van der Waals surface area contributed by atoms with Crippen LogP contribution in [0.1, 0.15) is 17.2 Å². The zero-order valence-corrected chi connectivity index (χ0v) is 14.4. The molecule has 0 bridgehead atoms. The van der Waals surface area contributed by atoms with Crippen LogP contribution in [0.4, 0.5) is 4.39 Å². The van der Waals surface area contributed by atoms with Gasteiger partial charge in [-0.1, -0.05) is 23.4 Å². The first-order chi connectivity index (χ1) is 12.1. The standard InChI is InChI=1S/C17H22FN5O2/c1-22(9-12-5-3-4-6-14(12)18)17(24)11-23-10-15(20-21-23)13-7-19-8-16(13)25-2/h3-6,10,13,16,19H,7-9,11H2,1-2H3/t13-,16+/m0/s1. The van der Waals surface area contributed by atoms with E-state index < -0.39 is 0 Å². The number of carbonyl (C=O) groups excluding carboxylic acids is 1. The summed E-state index contributed by atoms with van der Waals surface area (Å²) in [6.07, 6.45) is 1.84. The van der Waals surface area contributed by atoms with Crippen molar-refractivity contribution in [3.05, 3.63) is 47.5 Å². The van der Waals surface area contributed by atoms with Gasteiger partial charge < -0.3 is 15.0 Å². The number of halogens is 1. The highest BCUT2D eigenvalue weighted by molar-refractivity contribution is 5.75. The molecule has 0 spiro atoms. The van der Waals surface area contributed by atoms with Gasteiger partial charge in [-0.3, -0.25) is 4.79 Å². The minimum Gasteiger partial charge on any atom is -0.379 e. The van der Waals surface area contributed by atoms with E-state index in [9.17, 15) is 9.18 Å². The lowest BCUT2D eigenvalue weighted by molar-refractivity contribution is -0.131. The number of carbonyl (C=O) groups is 1. The first-order valence-electron chi connectivity index (χ1n) is 8.19. The Kier molecular flexibility index (Phi) is 5.40. The molecule has 1 aromatic heterocycles. The second kappa shape index (κ2) is 7.71. The van der Waals surface area contributed by atoms with Crippen LogP contribution in [0, 0.1) is 5.82 Å². The number of hydrogen-bond donors (Lipinski definition) is 1. The van der Waals surface area contributed by atoms with Crippen LogP contribution in [-0.4, -0.2) is 59.2 Å². The van der Waals surface area contributed by atoms with Gasteiger partial charge >= 0.3 is 0 Å². The van der Waals surface area contributed by atoms with Crippen molar-refractivity contribution < 1.29 is 13.9 Å². The molecule has 1 amide bonds. The molecule has 8 heteroatoms. The molecule has 1 aliphatic heterocycles. The summed E-state index contributed by atoms with van der Waals surface area (Å²) >= 11 is 0. The van der Waals surface area contributed by atoms with Gasteiger partial charge in [0, 0.05) is 51.5 Å². The smallest absolute Gasteiger partial charge is 0.244 e. The normalized spacial score (nSPS) is 20.0. The minimum atomic E-state index is -0.315. The van der Waals surface area contributed by atoms with Gasteiger partial charge in [-0.15, -0.1) is 5.10 Å². The molecule has 1 N–H and O–H groups in total. The van der Waals surface area contributed by atoms with Crippen LogP contribution in [0.3, 0.4) is 0 Å². The third-order valence-corrected chi connectivity index (χ3v) is 4.49. The number of methoxy groups -OCH3 is 1. The van der Waals surface area contributed by atoms with Crippen molar-refractivity contribution in [3.63, 3.8) is 0 Å². The molecule has 0 unspecified atom stereocenters. The van der Waals surface area contributed by atoms with E-state index in [2.05, 4.69) is 15.6 Å². The Bertz CT molecular complexity index is 735. The van der Waals surface area contributed by atoms with Crippen molar-refractivity contribution in [2.75, 3.05) is 27.2 Å². The van der Waals surface area contributed by atoms with E-state index in [1.165, 1.54) is 15.6 Å². The van der Waals surface area contributed by atoms with Gasteiger partial charge in [-0.2, -0.15) is 0 Å². The topological polar surface area (TPSA) is 72.3 Å². The fourth-order valence-electron chi connectivity index (χ4n) is 2.99. The second-order valence-electron chi connectivity index (χ2n) is 6.22. The monoisotopic (exact) mass is 347 g/mol. The second-order valence-corrected chi connectivity index (χ2v) is 6.22. The summed E-state index contributed by atoms with van der Waals surface area (Å²) in [5, 5.41) is 11.5. The largest absolute Gasteiger partial charge is 0.379 e. The number of benzene rings is 1. The number of amides is 1. The summed E-state index contributed by atoms with van der Waals surface area (Å²) in [7, 11) is 3.32. The van der Waals surface area contributed by atoms with Crippen molar-refractivity contribution in [1.29, 1.82) is 0 Å². The third kappa shape index (κ3) is 4.02. The molecule has 2 aromatic rings. The summed E-state index contributed by atoms with van der Waals surface area (Å²) in [5.41, 5.74) is 1.29. The van der Waals surface area contributed by atoms with E-state index in [0.717, 1.165) is 18.8 Å². The minimum absolute atomic E-state index is 0.0598. The zero-order valence-electron chi connectivity index (χ0n) is 14.4. The summed E-state index contributed by atoms with van der Waals surface area (Å²) in [6.45, 7) is 1.83. The number of rotatable bonds is 6. The summed E-state index contributed by atoms with van der Waals surface area (Å²) < 4.78 is 20.7. The van der Waals surface area contributed by atoms with Crippen LogP contribution < -0.4 is 5.32 Å². The van der Waals surface area contributed by atoms with Gasteiger partial charge in [0.05, 0.1) is 11.8 Å². The Morgan fingerprint density at radius 2 is 2.24 bits per heavy atom. The molecule has 25 heavy (non-hydrogen) atoms. The summed E-state index contributed by atoms with van der Waals surface area (Å²) in [4.78, 5) is 13.8. The fraction of sp³-hybridized carbons (Fsp3) is 0.471. The van der Waals surface area contributed by atoms with Crippen LogP contribution in [0.15, 0.2) is 30.5 Å². The van der Waals surface area contributed by atoms with Gasteiger partial charge in [0.1, 0.15) is 12.4 Å². The third-order valence-electron chi connectivity index (χ3n) is 4.49. The molecule has 1 aliphatic rings. The van der Waals surface area contributed by atoms with E-state index >= 15 is 0 Å². The van der Waals surface area contributed by atoms with E-state index in [-0.39, 0.29) is 36.8 Å². The Labute approximate surface area is 145 Å². The van der Waals surface area contributed by atoms with Gasteiger partial charge in [-0.05, 0) is 6.07 Å². The molecule has 2 heterocycles. The lowest BCUT2D eigenvalue weighted by atomic mass is 10.0. The lowest BCUT2D eigenvalue weighted by Crippen LogP contribution is -2.30. The average Bonchev–Trinajstić information content (AvgIpc) is 3.25. The van der Waals surface area contributed by atoms with Crippen molar-refractivity contribution in [2.45, 2.75) is 25.1 Å². The maximum Gasteiger partial charge on any atom is 0.244 e. The summed E-state index contributed by atoms with van der Waals surface area (Å²) in [6, 6.07) is 6.44. The van der Waals surface area contributed by atoms with Crippen LogP contribution in [0.5, 0.6) is 0 Å². The molecule has 134 valence electrons. The maximum atomic E-state index is 13.7. The average molecular weight is 347 g/mol. The van der Waals surface area contributed by atoms with Crippen LogP contribution in [-0.2, 0) is 22.6 Å². The number of aromatic nitrogens is 3. The zero-order chi connectivity index (χ0) is 17.8. The molecule has 2 atom stereocenters. The number of likely N-dealkylation sites (N-methyl/N-ethyl adjacent to an activating group) is 1. The van der Waals surface area contributed by atoms with Crippen molar-refractivity contribution in [3.8, 4) is 0 Å². The maximum absolute atomic E-state index is 13.7. The Hall–Kier alpha value is -2.32. The fourth-order valence-corrected chi connectivity index (χ4v) is 2.99. The predicted molar refractivity (Wildman–Crippen MR) is 89.3 cm³/mol. The highest BCUT2D eigenvalue weighted by Crippen LogP contribution is 2.22. The summed E-state index contributed by atoms with van der Waals surface area (Å²) in [5.74, 6) is -0.345. The molecule has 0 radical (unpaired) electrons. The van der Waals surface area contributed by atoms with E-state index in [1.807, 2.05) is 0 Å². The van der Waals surface area contributed by atoms with E-state index in [4.69, 9.17) is 4.74 Å². The van der Waals surface area contributed by atoms with Crippen LogP contribution in [0.2, 0.25) is 0 Å². The van der Waals surface area contributed by atoms with E-state index in [0.29, 0.717) is 5.56 Å². The van der Waals surface area contributed by atoms with Gasteiger partial charge in [-0.25, -0.2) is 9.07 Å². The molecule has 0 saturated carbocycles. The van der Waals surface area contributed by atoms with E-state index in [1.54, 1.807) is 38.6 Å².